The van der Waals surface area contributed by atoms with Gasteiger partial charge in [-0.15, -0.1) is 0 Å². The van der Waals surface area contributed by atoms with E-state index in [1.807, 2.05) is 24.1 Å². The van der Waals surface area contributed by atoms with Crippen LogP contribution in [-0.2, 0) is 0 Å². The van der Waals surface area contributed by atoms with Crippen molar-refractivity contribution in [2.75, 3.05) is 0 Å². The summed E-state index contributed by atoms with van der Waals surface area (Å²) < 4.78 is 1.09. The van der Waals surface area contributed by atoms with Gasteiger partial charge in [0.2, 0.25) is 6.20 Å². The molecule has 0 N–H and O–H groups in total. The summed E-state index contributed by atoms with van der Waals surface area (Å²) in [5, 5.41) is 0. The third-order valence-corrected chi connectivity index (χ3v) is 2.45. The first kappa shape index (κ1) is 6.77. The molecule has 2 aliphatic rings. The Kier molecular flexibility index (Phi) is 1.41. The molecule has 0 saturated carbocycles. The highest BCUT2D eigenvalue weighted by molar-refractivity contribution is 9.12. The summed E-state index contributed by atoms with van der Waals surface area (Å²) in [6.45, 7) is 2.04. The number of nitrogens with zero attached hydrogens (tertiary/aromatic N) is 2. The molecule has 2 nitrogen and oxygen atoms in total. The van der Waals surface area contributed by atoms with Gasteiger partial charge in [0.05, 0.1) is 6.08 Å². The Labute approximate surface area is 73.7 Å². The summed E-state index contributed by atoms with van der Waals surface area (Å²) in [5.74, 6) is 0.936. The maximum Gasteiger partial charge on any atom is 0.290 e. The summed E-state index contributed by atoms with van der Waals surface area (Å²) in [6, 6.07) is 0. The minimum atomic E-state index is 0.936. The lowest BCUT2D eigenvalue weighted by Gasteiger charge is -2.09. The van der Waals surface area contributed by atoms with E-state index in [1.54, 1.807) is 6.20 Å². The number of aliphatic imine (C=N–C) groups is 1. The monoisotopic (exact) mass is 209 g/mol. The molecule has 2 heterocycles. The Morgan fingerprint density at radius 2 is 2.45 bits per heavy atom. The van der Waals surface area contributed by atoms with Crippen molar-refractivity contribution in [2.45, 2.75) is 6.92 Å². The minimum absolute atomic E-state index is 0.936. The number of hydrogen-bond donors (Lipinski definition) is 0. The molecule has 0 saturated heterocycles. The van der Waals surface area contributed by atoms with Gasteiger partial charge in [-0.3, -0.25) is 0 Å². The zero-order valence-electron chi connectivity index (χ0n) is 6.00. The molecule has 0 aliphatic carbocycles. The third kappa shape index (κ3) is 1.02. The summed E-state index contributed by atoms with van der Waals surface area (Å²) >= 11 is 3.44. The van der Waals surface area contributed by atoms with Gasteiger partial charge in [-0.25, -0.2) is 0 Å². The average molecular weight is 210 g/mol. The van der Waals surface area contributed by atoms with E-state index in [9.17, 15) is 0 Å². The predicted octanol–water partition coefficient (Wildman–Crippen LogP) is 2.17. The van der Waals surface area contributed by atoms with Crippen molar-refractivity contribution in [2.24, 2.45) is 4.99 Å². The molecule has 0 amide bonds. The molecule has 2 aliphatic heterocycles. The first-order valence-electron chi connectivity index (χ1n) is 3.28. The van der Waals surface area contributed by atoms with E-state index >= 15 is 0 Å². The van der Waals surface area contributed by atoms with Crippen LogP contribution in [0.4, 0.5) is 0 Å². The molecule has 0 aromatic rings. The molecule has 54 valence electrons. The predicted molar refractivity (Wildman–Crippen MR) is 47.9 cm³/mol. The Morgan fingerprint density at radius 3 is 3.27 bits per heavy atom. The first-order chi connectivity index (χ1) is 5.27. The van der Waals surface area contributed by atoms with E-state index in [1.165, 1.54) is 5.57 Å². The maximum absolute atomic E-state index is 4.04. The fourth-order valence-electron chi connectivity index (χ4n) is 0.978. The van der Waals surface area contributed by atoms with Crippen LogP contribution in [0.2, 0.25) is 0 Å². The van der Waals surface area contributed by atoms with Crippen LogP contribution < -0.4 is 0 Å². The zero-order chi connectivity index (χ0) is 7.84. The molecule has 0 radical (unpaired) electrons. The molecule has 0 fully saturated rings. The standard InChI is InChI=1S/C8H6BrN2/c1-6-4-8-10-2-3-11(8)5-7(6)9/h3-5H,1H3/q+1. The number of amidine groups is 1. The van der Waals surface area contributed by atoms with Crippen LogP contribution in [0.25, 0.3) is 0 Å². The highest BCUT2D eigenvalue weighted by Crippen LogP contribution is 2.24. The quantitative estimate of drug-likeness (QED) is 0.559. The van der Waals surface area contributed by atoms with Gasteiger partial charge >= 0.3 is 0 Å². The third-order valence-electron chi connectivity index (χ3n) is 1.62. The second-order valence-electron chi connectivity index (χ2n) is 2.44. The molecule has 0 atom stereocenters. The number of halogens is 1. The molecule has 0 bridgehead atoms. The highest BCUT2D eigenvalue weighted by atomic mass is 79.9. The van der Waals surface area contributed by atoms with Crippen LogP contribution in [0, 0.1) is 6.20 Å². The van der Waals surface area contributed by atoms with Gasteiger partial charge in [-0.1, -0.05) is 0 Å². The maximum atomic E-state index is 4.04. The smallest absolute Gasteiger partial charge is 0.200 e. The van der Waals surface area contributed by atoms with Crippen molar-refractivity contribution in [3.8, 4) is 0 Å². The van der Waals surface area contributed by atoms with E-state index in [0.717, 1.165) is 10.3 Å². The lowest BCUT2D eigenvalue weighted by atomic mass is 10.2. The van der Waals surface area contributed by atoms with Crippen molar-refractivity contribution < 1.29 is 0 Å². The fourth-order valence-corrected chi connectivity index (χ4v) is 1.31. The number of rotatable bonds is 0. The molecule has 11 heavy (non-hydrogen) atoms. The van der Waals surface area contributed by atoms with Crippen molar-refractivity contribution in [3.63, 3.8) is 0 Å². The first-order valence-corrected chi connectivity index (χ1v) is 4.07. The topological polar surface area (TPSA) is 15.6 Å². The van der Waals surface area contributed by atoms with Gasteiger partial charge < -0.3 is 0 Å². The van der Waals surface area contributed by atoms with Crippen molar-refractivity contribution in [1.82, 2.24) is 4.90 Å². The molecule has 3 heteroatoms. The highest BCUT2D eigenvalue weighted by Gasteiger charge is 2.24. The lowest BCUT2D eigenvalue weighted by molar-refractivity contribution is 0.772. The summed E-state index contributed by atoms with van der Waals surface area (Å²) in [7, 11) is 0. The molecule has 0 aromatic carbocycles. The largest absolute Gasteiger partial charge is 0.290 e. The van der Waals surface area contributed by atoms with Gasteiger partial charge in [-0.2, -0.15) is 4.90 Å². The van der Waals surface area contributed by atoms with Crippen molar-refractivity contribution >= 4 is 21.8 Å². The summed E-state index contributed by atoms with van der Waals surface area (Å²) in [4.78, 5) is 5.97. The van der Waals surface area contributed by atoms with E-state index in [0.29, 0.717) is 0 Å². The van der Waals surface area contributed by atoms with E-state index in [2.05, 4.69) is 27.1 Å². The fraction of sp³-hybridized carbons (Fsp3) is 0.125. The van der Waals surface area contributed by atoms with Crippen LogP contribution in [0.15, 0.2) is 33.5 Å². The molecule has 0 aromatic heterocycles. The van der Waals surface area contributed by atoms with E-state index in [4.69, 9.17) is 0 Å². The van der Waals surface area contributed by atoms with Crippen molar-refractivity contribution in [1.29, 1.82) is 0 Å². The van der Waals surface area contributed by atoms with Gasteiger partial charge in [0.1, 0.15) is 0 Å². The summed E-state index contributed by atoms with van der Waals surface area (Å²) in [5.41, 5.74) is 1.19. The average Bonchev–Trinajstić information content (AvgIpc) is 2.36. The van der Waals surface area contributed by atoms with Crippen molar-refractivity contribution in [3.05, 3.63) is 34.7 Å². The second kappa shape index (κ2) is 2.29. The second-order valence-corrected chi connectivity index (χ2v) is 3.29. The van der Waals surface area contributed by atoms with Gasteiger partial charge in [-0.05, 0) is 28.4 Å². The zero-order valence-corrected chi connectivity index (χ0v) is 7.59. The normalized spacial score (nSPS) is 20.2. The van der Waals surface area contributed by atoms with Gasteiger partial charge in [0, 0.05) is 15.7 Å². The Hall–Kier alpha value is -0.920. The van der Waals surface area contributed by atoms with Gasteiger partial charge in [0.25, 0.3) is 5.84 Å². The number of hydrogen-bond acceptors (Lipinski definition) is 2. The molecule has 2 rings (SSSR count). The van der Waals surface area contributed by atoms with Crippen LogP contribution >= 0.6 is 15.9 Å². The lowest BCUT2D eigenvalue weighted by Crippen LogP contribution is -2.18. The number of allylic oxidation sites excluding steroid dienone is 2. The molecule has 0 unspecified atom stereocenters. The molecule has 0 spiro atoms. The van der Waals surface area contributed by atoms with Gasteiger partial charge in [0.15, 0.2) is 6.20 Å². The van der Waals surface area contributed by atoms with Crippen LogP contribution in [0.3, 0.4) is 0 Å². The Morgan fingerprint density at radius 1 is 1.64 bits per heavy atom. The van der Waals surface area contributed by atoms with Crippen LogP contribution in [0.5, 0.6) is 0 Å². The SMILES string of the molecule is CC1=CC2=N[C+]=CN2C=C1Br. The minimum Gasteiger partial charge on any atom is -0.200 e. The molecular weight excluding hydrogens is 204 g/mol. The van der Waals surface area contributed by atoms with E-state index in [-0.39, 0.29) is 0 Å². The Balaban J connectivity index is 2.43. The van der Waals surface area contributed by atoms with Crippen LogP contribution in [0.1, 0.15) is 6.92 Å². The van der Waals surface area contributed by atoms with Crippen LogP contribution in [-0.4, -0.2) is 10.7 Å². The molecular formula is C8H6BrN2+. The Bertz CT molecular complexity index is 310. The number of fused-ring (bicyclic) bond motifs is 1. The summed E-state index contributed by atoms with van der Waals surface area (Å²) in [6.07, 6.45) is 8.58. The van der Waals surface area contributed by atoms with E-state index < -0.39 is 0 Å².